The van der Waals surface area contributed by atoms with Gasteiger partial charge >= 0.3 is 0 Å². The summed E-state index contributed by atoms with van der Waals surface area (Å²) in [6.45, 7) is 1.45. The van der Waals surface area contributed by atoms with Crippen molar-refractivity contribution >= 4 is 5.78 Å². The van der Waals surface area contributed by atoms with E-state index < -0.39 is 0 Å². The Hall–Kier alpha value is -1.39. The standard InChI is InChI=1S/C14H18O4/c1-16-12-5-3-11(4-6-12)13(15)7-8-14-17-9-2-10-18-14/h3-6,14H,2,7-10H2,1H3. The molecule has 0 aliphatic carbocycles. The molecule has 0 aromatic heterocycles. The van der Waals surface area contributed by atoms with Gasteiger partial charge in [-0.05, 0) is 30.7 Å². The van der Waals surface area contributed by atoms with Crippen LogP contribution in [-0.2, 0) is 9.47 Å². The molecule has 1 aliphatic rings. The number of rotatable bonds is 5. The van der Waals surface area contributed by atoms with Crippen LogP contribution in [0.4, 0.5) is 0 Å². The third kappa shape index (κ3) is 3.55. The van der Waals surface area contributed by atoms with Crippen LogP contribution in [-0.4, -0.2) is 32.4 Å². The van der Waals surface area contributed by atoms with Crippen molar-refractivity contribution in [2.24, 2.45) is 0 Å². The predicted octanol–water partition coefficient (Wildman–Crippen LogP) is 2.42. The van der Waals surface area contributed by atoms with E-state index in [0.717, 1.165) is 25.4 Å². The summed E-state index contributed by atoms with van der Waals surface area (Å²) in [4.78, 5) is 11.9. The highest BCUT2D eigenvalue weighted by Gasteiger charge is 2.16. The molecule has 0 amide bonds. The van der Waals surface area contributed by atoms with Gasteiger partial charge in [-0.1, -0.05) is 0 Å². The molecule has 1 aromatic rings. The van der Waals surface area contributed by atoms with Gasteiger partial charge in [0.25, 0.3) is 0 Å². The minimum Gasteiger partial charge on any atom is -0.497 e. The summed E-state index contributed by atoms with van der Waals surface area (Å²) in [5, 5.41) is 0. The summed E-state index contributed by atoms with van der Waals surface area (Å²) in [5.41, 5.74) is 0.701. The van der Waals surface area contributed by atoms with Crippen molar-refractivity contribution < 1.29 is 19.0 Å². The van der Waals surface area contributed by atoms with Gasteiger partial charge in [-0.3, -0.25) is 4.79 Å². The molecule has 1 fully saturated rings. The Labute approximate surface area is 107 Å². The zero-order valence-corrected chi connectivity index (χ0v) is 10.6. The van der Waals surface area contributed by atoms with Crippen molar-refractivity contribution in [3.8, 4) is 5.75 Å². The molecule has 0 saturated carbocycles. The van der Waals surface area contributed by atoms with E-state index in [0.29, 0.717) is 18.4 Å². The monoisotopic (exact) mass is 250 g/mol. The molecule has 1 aliphatic heterocycles. The lowest BCUT2D eigenvalue weighted by Crippen LogP contribution is -2.25. The minimum atomic E-state index is -0.221. The van der Waals surface area contributed by atoms with Gasteiger partial charge in [0, 0.05) is 18.4 Å². The summed E-state index contributed by atoms with van der Waals surface area (Å²) in [5.74, 6) is 0.862. The van der Waals surface area contributed by atoms with Crippen LogP contribution in [0.1, 0.15) is 29.6 Å². The first-order valence-electron chi connectivity index (χ1n) is 6.20. The second-order valence-corrected chi connectivity index (χ2v) is 4.22. The molecule has 4 nitrogen and oxygen atoms in total. The Balaban J connectivity index is 1.82. The Kier molecular flexibility index (Phi) is 4.73. The third-order valence-corrected chi connectivity index (χ3v) is 2.92. The molecule has 0 spiro atoms. The van der Waals surface area contributed by atoms with Gasteiger partial charge in [0.1, 0.15) is 5.75 Å². The summed E-state index contributed by atoms with van der Waals surface area (Å²) in [6.07, 6.45) is 1.77. The van der Waals surface area contributed by atoms with E-state index in [2.05, 4.69) is 0 Å². The number of benzene rings is 1. The first-order chi connectivity index (χ1) is 8.79. The fourth-order valence-corrected chi connectivity index (χ4v) is 1.87. The summed E-state index contributed by atoms with van der Waals surface area (Å²) in [6, 6.07) is 7.15. The first-order valence-corrected chi connectivity index (χ1v) is 6.20. The minimum absolute atomic E-state index is 0.107. The maximum absolute atomic E-state index is 11.9. The fourth-order valence-electron chi connectivity index (χ4n) is 1.87. The largest absolute Gasteiger partial charge is 0.497 e. The number of carbonyl (C=O) groups excluding carboxylic acids is 1. The van der Waals surface area contributed by atoms with E-state index in [1.54, 1.807) is 31.4 Å². The van der Waals surface area contributed by atoms with E-state index >= 15 is 0 Å². The number of hydrogen-bond donors (Lipinski definition) is 0. The van der Waals surface area contributed by atoms with Crippen LogP contribution in [0.15, 0.2) is 24.3 Å². The van der Waals surface area contributed by atoms with Crippen LogP contribution in [0.2, 0.25) is 0 Å². The van der Waals surface area contributed by atoms with Crippen LogP contribution < -0.4 is 4.74 Å². The van der Waals surface area contributed by atoms with Crippen LogP contribution in [0.3, 0.4) is 0 Å². The third-order valence-electron chi connectivity index (χ3n) is 2.92. The van der Waals surface area contributed by atoms with Gasteiger partial charge in [0.15, 0.2) is 12.1 Å². The van der Waals surface area contributed by atoms with Crippen molar-refractivity contribution in [2.45, 2.75) is 25.6 Å². The van der Waals surface area contributed by atoms with E-state index in [1.165, 1.54) is 0 Å². The maximum atomic E-state index is 11.9. The SMILES string of the molecule is COc1ccc(C(=O)CCC2OCCCO2)cc1. The van der Waals surface area contributed by atoms with E-state index in [4.69, 9.17) is 14.2 Å². The molecule has 4 heteroatoms. The van der Waals surface area contributed by atoms with E-state index in [9.17, 15) is 4.79 Å². The van der Waals surface area contributed by atoms with E-state index in [-0.39, 0.29) is 12.1 Å². The summed E-state index contributed by atoms with van der Waals surface area (Å²) in [7, 11) is 1.61. The number of carbonyl (C=O) groups is 1. The number of ether oxygens (including phenoxy) is 3. The zero-order valence-electron chi connectivity index (χ0n) is 10.6. The van der Waals surface area contributed by atoms with Crippen molar-refractivity contribution in [2.75, 3.05) is 20.3 Å². The Morgan fingerprint density at radius 2 is 1.94 bits per heavy atom. The Bertz CT molecular complexity index is 379. The van der Waals surface area contributed by atoms with Gasteiger partial charge < -0.3 is 14.2 Å². The molecule has 98 valence electrons. The highest BCUT2D eigenvalue weighted by molar-refractivity contribution is 5.96. The molecule has 2 rings (SSSR count). The average Bonchev–Trinajstić information content (AvgIpc) is 2.46. The lowest BCUT2D eigenvalue weighted by Gasteiger charge is -2.22. The highest BCUT2D eigenvalue weighted by atomic mass is 16.7. The van der Waals surface area contributed by atoms with Gasteiger partial charge in [-0.2, -0.15) is 0 Å². The number of Topliss-reactive ketones (excluding diaryl/α,β-unsaturated/α-hetero) is 1. The van der Waals surface area contributed by atoms with Crippen molar-refractivity contribution in [1.82, 2.24) is 0 Å². The van der Waals surface area contributed by atoms with Gasteiger partial charge in [0.2, 0.25) is 0 Å². The number of methoxy groups -OCH3 is 1. The fraction of sp³-hybridized carbons (Fsp3) is 0.500. The van der Waals surface area contributed by atoms with Crippen molar-refractivity contribution in [3.63, 3.8) is 0 Å². The summed E-state index contributed by atoms with van der Waals surface area (Å²) < 4.78 is 15.9. The van der Waals surface area contributed by atoms with Crippen LogP contribution >= 0.6 is 0 Å². The second kappa shape index (κ2) is 6.52. The molecule has 0 unspecified atom stereocenters. The maximum Gasteiger partial charge on any atom is 0.163 e. The highest BCUT2D eigenvalue weighted by Crippen LogP contribution is 2.16. The Morgan fingerprint density at radius 1 is 1.28 bits per heavy atom. The smallest absolute Gasteiger partial charge is 0.163 e. The molecule has 1 saturated heterocycles. The quantitative estimate of drug-likeness (QED) is 0.753. The average molecular weight is 250 g/mol. The molecule has 1 aromatic carbocycles. The molecule has 0 atom stereocenters. The van der Waals surface area contributed by atoms with Crippen molar-refractivity contribution in [3.05, 3.63) is 29.8 Å². The topological polar surface area (TPSA) is 44.8 Å². The lowest BCUT2D eigenvalue weighted by molar-refractivity contribution is -0.180. The first kappa shape index (κ1) is 13.1. The molecular formula is C14H18O4. The van der Waals surface area contributed by atoms with Gasteiger partial charge in [0.05, 0.1) is 20.3 Å². The zero-order chi connectivity index (χ0) is 12.8. The van der Waals surface area contributed by atoms with Crippen LogP contribution in [0, 0.1) is 0 Å². The number of hydrogen-bond acceptors (Lipinski definition) is 4. The molecule has 0 radical (unpaired) electrons. The van der Waals surface area contributed by atoms with Gasteiger partial charge in [-0.15, -0.1) is 0 Å². The van der Waals surface area contributed by atoms with Crippen molar-refractivity contribution in [1.29, 1.82) is 0 Å². The predicted molar refractivity (Wildman–Crippen MR) is 66.9 cm³/mol. The Morgan fingerprint density at radius 3 is 2.56 bits per heavy atom. The molecule has 0 bridgehead atoms. The molecule has 1 heterocycles. The van der Waals surface area contributed by atoms with Crippen LogP contribution in [0.5, 0.6) is 5.75 Å². The molecular weight excluding hydrogens is 232 g/mol. The number of ketones is 1. The van der Waals surface area contributed by atoms with Gasteiger partial charge in [-0.25, -0.2) is 0 Å². The molecule has 0 N–H and O–H groups in total. The van der Waals surface area contributed by atoms with E-state index in [1.807, 2.05) is 0 Å². The molecule has 18 heavy (non-hydrogen) atoms. The summed E-state index contributed by atoms with van der Waals surface area (Å²) >= 11 is 0. The normalized spacial score (nSPS) is 16.5. The lowest BCUT2D eigenvalue weighted by atomic mass is 10.1. The second-order valence-electron chi connectivity index (χ2n) is 4.22. The van der Waals surface area contributed by atoms with Crippen LogP contribution in [0.25, 0.3) is 0 Å².